The van der Waals surface area contributed by atoms with Crippen LogP contribution in [0.25, 0.3) is 0 Å². The summed E-state index contributed by atoms with van der Waals surface area (Å²) in [5.41, 5.74) is -0.889. The average Bonchev–Trinajstić information content (AvgIpc) is 3.02. The van der Waals surface area contributed by atoms with Crippen LogP contribution in [0.1, 0.15) is 38.9 Å². The Kier molecular flexibility index (Phi) is 4.06. The Balaban J connectivity index is 1.73. The lowest BCUT2D eigenvalue weighted by Gasteiger charge is -2.42. The number of nitrogens with zero attached hydrogens (tertiary/aromatic N) is 2. The molecule has 24 heavy (non-hydrogen) atoms. The minimum absolute atomic E-state index is 0.0453. The van der Waals surface area contributed by atoms with E-state index in [0.29, 0.717) is 5.76 Å². The smallest absolute Gasteiger partial charge is 0.325 e. The number of urea groups is 1. The predicted molar refractivity (Wildman–Crippen MR) is 85.0 cm³/mol. The fourth-order valence-electron chi connectivity index (χ4n) is 3.85. The normalized spacial score (nSPS) is 25.9. The second kappa shape index (κ2) is 5.92. The van der Waals surface area contributed by atoms with Crippen molar-refractivity contribution in [1.82, 2.24) is 15.4 Å². The van der Waals surface area contributed by atoms with Crippen molar-refractivity contribution in [3.8, 4) is 0 Å². The first-order valence-electron chi connectivity index (χ1n) is 8.22. The Labute approximate surface area is 139 Å². The predicted octanol–water partition coefficient (Wildman–Crippen LogP) is 1.67. The number of imide groups is 1. The van der Waals surface area contributed by atoms with Gasteiger partial charge in [-0.15, -0.1) is 0 Å². The van der Waals surface area contributed by atoms with Crippen molar-refractivity contribution in [3.05, 3.63) is 11.8 Å². The van der Waals surface area contributed by atoms with Crippen molar-refractivity contribution >= 4 is 23.7 Å². The third-order valence-corrected chi connectivity index (χ3v) is 5.18. The monoisotopic (exact) mass is 334 g/mol. The molecular formula is C16H22N4O4. The van der Waals surface area contributed by atoms with Crippen molar-refractivity contribution in [2.75, 3.05) is 11.9 Å². The van der Waals surface area contributed by atoms with E-state index in [0.717, 1.165) is 24.2 Å². The molecule has 2 aliphatic rings. The first-order valence-corrected chi connectivity index (χ1v) is 8.22. The van der Waals surface area contributed by atoms with Crippen LogP contribution in [0.5, 0.6) is 0 Å². The second-order valence-corrected chi connectivity index (χ2v) is 6.79. The fraction of sp³-hybridized carbons (Fsp3) is 0.625. The van der Waals surface area contributed by atoms with Gasteiger partial charge in [-0.3, -0.25) is 14.5 Å². The zero-order chi connectivity index (χ0) is 17.5. The van der Waals surface area contributed by atoms with Crippen LogP contribution in [-0.4, -0.2) is 40.0 Å². The average molecular weight is 334 g/mol. The number of aryl methyl sites for hydroxylation is 1. The van der Waals surface area contributed by atoms with Crippen LogP contribution >= 0.6 is 0 Å². The third-order valence-electron chi connectivity index (χ3n) is 5.18. The molecule has 8 heteroatoms. The zero-order valence-corrected chi connectivity index (χ0v) is 14.1. The lowest BCUT2D eigenvalue weighted by atomic mass is 9.67. The maximum Gasteiger partial charge on any atom is 0.325 e. The van der Waals surface area contributed by atoms with E-state index in [1.807, 2.05) is 13.8 Å². The molecule has 0 unspecified atom stereocenters. The van der Waals surface area contributed by atoms with E-state index in [1.165, 1.54) is 0 Å². The Morgan fingerprint density at radius 2 is 2.08 bits per heavy atom. The van der Waals surface area contributed by atoms with Gasteiger partial charge in [0.2, 0.25) is 5.91 Å². The largest absolute Gasteiger partial charge is 0.360 e. The molecule has 2 heterocycles. The SMILES string of the molecule is Cc1cc(NC(=O)CN2C(=O)NC3(C2=O)[C@H](C)CCC[C@H]3C)no1. The number of aromatic nitrogens is 1. The summed E-state index contributed by atoms with van der Waals surface area (Å²) < 4.78 is 4.87. The van der Waals surface area contributed by atoms with Gasteiger partial charge >= 0.3 is 6.03 Å². The fourth-order valence-corrected chi connectivity index (χ4v) is 3.85. The van der Waals surface area contributed by atoms with Gasteiger partial charge in [0, 0.05) is 6.07 Å². The number of rotatable bonds is 3. The summed E-state index contributed by atoms with van der Waals surface area (Å²) in [4.78, 5) is 38.4. The van der Waals surface area contributed by atoms with Gasteiger partial charge in [-0.1, -0.05) is 25.4 Å². The molecule has 1 saturated carbocycles. The molecule has 0 bridgehead atoms. The second-order valence-electron chi connectivity index (χ2n) is 6.79. The molecule has 3 rings (SSSR count). The highest BCUT2D eigenvalue weighted by atomic mass is 16.5. The number of carbonyl (C=O) groups excluding carboxylic acids is 3. The van der Waals surface area contributed by atoms with Gasteiger partial charge in [-0.25, -0.2) is 4.79 Å². The van der Waals surface area contributed by atoms with Gasteiger partial charge in [0.05, 0.1) is 0 Å². The third kappa shape index (κ3) is 2.55. The molecule has 1 saturated heterocycles. The number of hydrogen-bond acceptors (Lipinski definition) is 5. The summed E-state index contributed by atoms with van der Waals surface area (Å²) in [7, 11) is 0. The molecule has 2 atom stereocenters. The molecule has 8 nitrogen and oxygen atoms in total. The van der Waals surface area contributed by atoms with Crippen LogP contribution in [0.2, 0.25) is 0 Å². The molecule has 1 aromatic rings. The van der Waals surface area contributed by atoms with E-state index in [9.17, 15) is 14.4 Å². The molecule has 0 aromatic carbocycles. The molecule has 130 valence electrons. The first kappa shape index (κ1) is 16.5. The summed E-state index contributed by atoms with van der Waals surface area (Å²) in [5.74, 6) is 0.120. The lowest BCUT2D eigenvalue weighted by Crippen LogP contribution is -2.59. The van der Waals surface area contributed by atoms with Gasteiger partial charge in [-0.05, 0) is 31.6 Å². The number of nitrogens with one attached hydrogen (secondary N) is 2. The summed E-state index contributed by atoms with van der Waals surface area (Å²) in [6.45, 7) is 5.33. The van der Waals surface area contributed by atoms with E-state index in [2.05, 4.69) is 15.8 Å². The minimum Gasteiger partial charge on any atom is -0.360 e. The Morgan fingerprint density at radius 3 is 2.67 bits per heavy atom. The van der Waals surface area contributed by atoms with Crippen LogP contribution in [0, 0.1) is 18.8 Å². The van der Waals surface area contributed by atoms with Gasteiger partial charge < -0.3 is 15.2 Å². The van der Waals surface area contributed by atoms with Gasteiger partial charge in [0.15, 0.2) is 5.82 Å². The van der Waals surface area contributed by atoms with Gasteiger partial charge in [0.25, 0.3) is 5.91 Å². The molecule has 1 aromatic heterocycles. The van der Waals surface area contributed by atoms with Crippen molar-refractivity contribution < 1.29 is 18.9 Å². The Bertz CT molecular complexity index is 673. The highest BCUT2D eigenvalue weighted by Crippen LogP contribution is 2.42. The molecule has 2 N–H and O–H groups in total. The standard InChI is InChI=1S/C16H22N4O4/c1-9-5-4-6-10(2)16(9)14(22)20(15(23)18-16)8-13(21)17-12-7-11(3)24-19-12/h7,9-10H,4-6,8H2,1-3H3,(H,18,23)(H,17,19,21)/t9-,10-/m1/s1. The van der Waals surface area contributed by atoms with Crippen LogP contribution in [0.3, 0.4) is 0 Å². The maximum atomic E-state index is 12.9. The van der Waals surface area contributed by atoms with Crippen LogP contribution in [0.15, 0.2) is 10.6 Å². The van der Waals surface area contributed by atoms with E-state index in [4.69, 9.17) is 4.52 Å². The quantitative estimate of drug-likeness (QED) is 0.818. The molecule has 2 fully saturated rings. The van der Waals surface area contributed by atoms with Crippen LogP contribution in [-0.2, 0) is 9.59 Å². The molecule has 1 aliphatic heterocycles. The molecule has 1 spiro atoms. The highest BCUT2D eigenvalue weighted by Gasteiger charge is 2.58. The Morgan fingerprint density at radius 1 is 1.42 bits per heavy atom. The summed E-state index contributed by atoms with van der Waals surface area (Å²) in [6.07, 6.45) is 2.81. The van der Waals surface area contributed by atoms with Crippen molar-refractivity contribution in [3.63, 3.8) is 0 Å². The van der Waals surface area contributed by atoms with E-state index >= 15 is 0 Å². The van der Waals surface area contributed by atoms with Gasteiger partial charge in [-0.2, -0.15) is 0 Å². The van der Waals surface area contributed by atoms with Gasteiger partial charge in [0.1, 0.15) is 17.8 Å². The van der Waals surface area contributed by atoms with E-state index in [1.54, 1.807) is 13.0 Å². The number of anilines is 1. The first-order chi connectivity index (χ1) is 11.3. The summed E-state index contributed by atoms with van der Waals surface area (Å²) in [6, 6.07) is 1.06. The number of hydrogen-bond donors (Lipinski definition) is 2. The molecular weight excluding hydrogens is 312 g/mol. The zero-order valence-electron chi connectivity index (χ0n) is 14.1. The number of amides is 4. The van der Waals surface area contributed by atoms with Crippen molar-refractivity contribution in [2.45, 2.75) is 45.6 Å². The maximum absolute atomic E-state index is 12.9. The Hall–Kier alpha value is -2.38. The van der Waals surface area contributed by atoms with E-state index < -0.39 is 17.5 Å². The molecule has 0 radical (unpaired) electrons. The van der Waals surface area contributed by atoms with Crippen molar-refractivity contribution in [2.24, 2.45) is 11.8 Å². The van der Waals surface area contributed by atoms with Crippen molar-refractivity contribution in [1.29, 1.82) is 0 Å². The highest BCUT2D eigenvalue weighted by molar-refractivity contribution is 6.10. The van der Waals surface area contributed by atoms with E-state index in [-0.39, 0.29) is 30.1 Å². The minimum atomic E-state index is -0.889. The molecule has 1 aliphatic carbocycles. The topological polar surface area (TPSA) is 105 Å². The van der Waals surface area contributed by atoms with Crippen LogP contribution in [0.4, 0.5) is 10.6 Å². The number of carbonyl (C=O) groups is 3. The van der Waals surface area contributed by atoms with Crippen LogP contribution < -0.4 is 10.6 Å². The summed E-state index contributed by atoms with van der Waals surface area (Å²) in [5, 5.41) is 9.06. The molecule has 4 amide bonds. The lowest BCUT2D eigenvalue weighted by molar-refractivity contribution is -0.138. The summed E-state index contributed by atoms with van der Waals surface area (Å²) >= 11 is 0.